The van der Waals surface area contributed by atoms with Gasteiger partial charge in [0.25, 0.3) is 5.91 Å². The van der Waals surface area contributed by atoms with E-state index in [1.807, 2.05) is 61.5 Å². The standard InChI is InChI=1S/C39H42ClN3O5S/c1-4-22-41(29-16-18-31(19-17-29)48-6-3)36(45)33-32-20-21-39(49-32)34(33)37(46)43(30(25-44)24-26-10-8-7-9-11-26)35(39)38(47)42(23-5-2)28-14-12-27(40)13-15-28/h4-5,7-19,30,32-35,44H,1-2,6,20-25H2,3H3/t30-,32-,33+,34+,35?,39?/m1/s1. The fourth-order valence-corrected chi connectivity index (χ4v) is 10.2. The lowest BCUT2D eigenvalue weighted by molar-refractivity contribution is -0.141. The largest absolute Gasteiger partial charge is 0.494 e. The topological polar surface area (TPSA) is 90.4 Å². The van der Waals surface area contributed by atoms with Crippen molar-refractivity contribution in [2.24, 2.45) is 11.8 Å². The number of thioether (sulfide) groups is 1. The number of ether oxygens (including phenoxy) is 1. The summed E-state index contributed by atoms with van der Waals surface area (Å²) in [5.74, 6) is -1.39. The van der Waals surface area contributed by atoms with Crippen LogP contribution in [0, 0.1) is 11.8 Å². The molecule has 3 aliphatic rings. The van der Waals surface area contributed by atoms with Gasteiger partial charge in [-0.1, -0.05) is 54.1 Å². The average molecular weight is 700 g/mol. The maximum absolute atomic E-state index is 15.0. The van der Waals surface area contributed by atoms with Crippen LogP contribution < -0.4 is 14.5 Å². The van der Waals surface area contributed by atoms with E-state index in [2.05, 4.69) is 13.2 Å². The number of aliphatic hydroxyl groups excluding tert-OH is 1. The van der Waals surface area contributed by atoms with Crippen LogP contribution in [-0.4, -0.2) is 76.1 Å². The number of aliphatic hydroxyl groups is 1. The van der Waals surface area contributed by atoms with Crippen LogP contribution in [0.25, 0.3) is 0 Å². The third-order valence-corrected chi connectivity index (χ3v) is 12.1. The van der Waals surface area contributed by atoms with Gasteiger partial charge in [-0.25, -0.2) is 0 Å². The Morgan fingerprint density at radius 2 is 1.61 bits per heavy atom. The summed E-state index contributed by atoms with van der Waals surface area (Å²) in [7, 11) is 0. The first-order chi connectivity index (χ1) is 23.8. The molecule has 3 amide bonds. The van der Waals surface area contributed by atoms with Crippen LogP contribution >= 0.6 is 23.4 Å². The van der Waals surface area contributed by atoms with Crippen molar-refractivity contribution in [2.75, 3.05) is 36.1 Å². The van der Waals surface area contributed by atoms with Crippen LogP contribution in [0.4, 0.5) is 11.4 Å². The number of rotatable bonds is 14. The van der Waals surface area contributed by atoms with Crippen LogP contribution in [-0.2, 0) is 20.8 Å². The molecule has 49 heavy (non-hydrogen) atoms. The highest BCUT2D eigenvalue weighted by Gasteiger charge is 2.74. The molecular formula is C39H42ClN3O5S. The SMILES string of the molecule is C=CCN(C(=O)C1N([C@@H](CO)Cc2ccccc2)C(=O)[C@@H]2[C@@H](C(=O)N(CC=C)c3ccc(OCC)cc3)[C@H]3CCC12S3)c1ccc(Cl)cc1. The molecule has 6 rings (SSSR count). The van der Waals surface area contributed by atoms with Crippen LogP contribution in [0.1, 0.15) is 25.3 Å². The number of amides is 3. The summed E-state index contributed by atoms with van der Waals surface area (Å²) in [4.78, 5) is 49.7. The molecule has 1 N–H and O–H groups in total. The van der Waals surface area contributed by atoms with E-state index >= 15 is 4.79 Å². The van der Waals surface area contributed by atoms with Gasteiger partial charge in [0.05, 0.1) is 35.8 Å². The van der Waals surface area contributed by atoms with Gasteiger partial charge >= 0.3 is 0 Å². The highest BCUT2D eigenvalue weighted by atomic mass is 35.5. The van der Waals surface area contributed by atoms with Crippen LogP contribution in [0.3, 0.4) is 0 Å². The van der Waals surface area contributed by atoms with E-state index < -0.39 is 28.7 Å². The number of likely N-dealkylation sites (tertiary alicyclic amines) is 1. The van der Waals surface area contributed by atoms with Crippen molar-refractivity contribution in [1.82, 2.24) is 4.90 Å². The molecule has 256 valence electrons. The zero-order valence-corrected chi connectivity index (χ0v) is 29.2. The summed E-state index contributed by atoms with van der Waals surface area (Å²) in [5.41, 5.74) is 2.25. The van der Waals surface area contributed by atoms with Gasteiger partial charge in [-0.2, -0.15) is 0 Å². The molecule has 0 aromatic heterocycles. The normalized spacial score (nSPS) is 24.3. The minimum Gasteiger partial charge on any atom is -0.494 e. The molecule has 1 spiro atoms. The average Bonchev–Trinajstić information content (AvgIpc) is 3.77. The fraction of sp³-hybridized carbons (Fsp3) is 0.359. The number of carbonyl (C=O) groups is 3. The minimum absolute atomic E-state index is 0.140. The van der Waals surface area contributed by atoms with E-state index in [9.17, 15) is 14.7 Å². The maximum Gasteiger partial charge on any atom is 0.251 e. The molecule has 3 aromatic rings. The lowest BCUT2D eigenvalue weighted by atomic mass is 9.70. The monoisotopic (exact) mass is 699 g/mol. The molecule has 3 aliphatic heterocycles. The van der Waals surface area contributed by atoms with Crippen molar-refractivity contribution in [2.45, 2.75) is 48.3 Å². The predicted octanol–water partition coefficient (Wildman–Crippen LogP) is 6.17. The van der Waals surface area contributed by atoms with Crippen LogP contribution in [0.15, 0.2) is 104 Å². The van der Waals surface area contributed by atoms with Crippen molar-refractivity contribution in [3.63, 3.8) is 0 Å². The highest BCUT2D eigenvalue weighted by Crippen LogP contribution is 2.67. The van der Waals surface area contributed by atoms with E-state index in [0.717, 1.165) is 5.56 Å². The van der Waals surface area contributed by atoms with E-state index in [4.69, 9.17) is 16.3 Å². The number of hydrogen-bond acceptors (Lipinski definition) is 6. The molecule has 0 saturated carbocycles. The first-order valence-corrected chi connectivity index (χ1v) is 18.0. The number of halogens is 1. The summed E-state index contributed by atoms with van der Waals surface area (Å²) in [6.07, 6.45) is 5.00. The van der Waals surface area contributed by atoms with Crippen molar-refractivity contribution in [3.05, 3.63) is 115 Å². The molecule has 8 nitrogen and oxygen atoms in total. The van der Waals surface area contributed by atoms with E-state index in [0.29, 0.717) is 48.0 Å². The summed E-state index contributed by atoms with van der Waals surface area (Å²) < 4.78 is 4.77. The van der Waals surface area contributed by atoms with Crippen LogP contribution in [0.2, 0.25) is 5.02 Å². The Kier molecular flexibility index (Phi) is 10.5. The Morgan fingerprint density at radius 3 is 2.20 bits per heavy atom. The molecule has 10 heteroatoms. The Hall–Kier alpha value is -4.05. The Morgan fingerprint density at radius 1 is 1.00 bits per heavy atom. The molecule has 3 fully saturated rings. The zero-order chi connectivity index (χ0) is 34.7. The fourth-order valence-electron chi connectivity index (χ4n) is 7.92. The number of carbonyl (C=O) groups excluding carboxylic acids is 3. The smallest absolute Gasteiger partial charge is 0.251 e. The second kappa shape index (κ2) is 14.8. The second-order valence-corrected chi connectivity index (χ2v) is 14.7. The summed E-state index contributed by atoms with van der Waals surface area (Å²) in [5, 5.41) is 11.3. The molecule has 6 atom stereocenters. The third kappa shape index (κ3) is 6.40. The molecule has 0 radical (unpaired) electrons. The maximum atomic E-state index is 15.0. The van der Waals surface area contributed by atoms with Gasteiger partial charge in [0.2, 0.25) is 11.8 Å². The zero-order valence-electron chi connectivity index (χ0n) is 27.6. The van der Waals surface area contributed by atoms with E-state index in [1.54, 1.807) is 62.9 Å². The molecule has 3 saturated heterocycles. The van der Waals surface area contributed by atoms with Gasteiger partial charge in [0.15, 0.2) is 0 Å². The van der Waals surface area contributed by atoms with E-state index in [-0.39, 0.29) is 42.7 Å². The molecule has 3 heterocycles. The van der Waals surface area contributed by atoms with Gasteiger partial charge < -0.3 is 24.5 Å². The summed E-state index contributed by atoms with van der Waals surface area (Å²) >= 11 is 7.81. The number of nitrogens with zero attached hydrogens (tertiary/aromatic N) is 3. The number of fused-ring (bicyclic) bond motifs is 1. The van der Waals surface area contributed by atoms with Crippen molar-refractivity contribution in [3.8, 4) is 5.75 Å². The molecular weight excluding hydrogens is 658 g/mol. The van der Waals surface area contributed by atoms with Gasteiger partial charge in [0, 0.05) is 34.7 Å². The van der Waals surface area contributed by atoms with Gasteiger partial charge in [-0.05, 0) is 80.3 Å². The Labute approximate surface area is 297 Å². The van der Waals surface area contributed by atoms with Crippen LogP contribution in [0.5, 0.6) is 5.75 Å². The van der Waals surface area contributed by atoms with Gasteiger partial charge in [0.1, 0.15) is 11.8 Å². The van der Waals surface area contributed by atoms with Gasteiger partial charge in [-0.15, -0.1) is 24.9 Å². The molecule has 0 aliphatic carbocycles. The van der Waals surface area contributed by atoms with E-state index in [1.165, 1.54) is 0 Å². The Balaban J connectivity index is 1.42. The number of hydrogen-bond donors (Lipinski definition) is 1. The lowest BCUT2D eigenvalue weighted by Crippen LogP contribution is -2.58. The second-order valence-electron chi connectivity index (χ2n) is 12.7. The molecule has 2 unspecified atom stereocenters. The van der Waals surface area contributed by atoms with Gasteiger partial charge in [-0.3, -0.25) is 14.4 Å². The quantitative estimate of drug-likeness (QED) is 0.203. The first-order valence-electron chi connectivity index (χ1n) is 16.8. The third-order valence-electron chi connectivity index (χ3n) is 9.93. The summed E-state index contributed by atoms with van der Waals surface area (Å²) in [6.45, 7) is 10.4. The summed E-state index contributed by atoms with van der Waals surface area (Å²) in [6, 6.07) is 22.4. The lowest BCUT2D eigenvalue weighted by Gasteiger charge is -2.39. The van der Waals surface area contributed by atoms with Crippen molar-refractivity contribution in [1.29, 1.82) is 0 Å². The first kappa shape index (κ1) is 34.8. The predicted molar refractivity (Wildman–Crippen MR) is 196 cm³/mol. The highest BCUT2D eigenvalue weighted by molar-refractivity contribution is 8.02. The minimum atomic E-state index is -0.910. The van der Waals surface area contributed by atoms with Crippen molar-refractivity contribution >= 4 is 52.5 Å². The molecule has 2 bridgehead atoms. The number of benzene rings is 3. The molecule has 3 aromatic carbocycles. The van der Waals surface area contributed by atoms with Crippen molar-refractivity contribution < 1.29 is 24.2 Å². The Bertz CT molecular complexity index is 1690. The number of anilines is 2.